The van der Waals surface area contributed by atoms with E-state index in [1.807, 2.05) is 24.3 Å². The molecule has 3 N–H and O–H groups in total. The van der Waals surface area contributed by atoms with Crippen LogP contribution >= 0.6 is 25.7 Å². The Morgan fingerprint density at radius 1 is 1.26 bits per heavy atom. The van der Waals surface area contributed by atoms with Crippen molar-refractivity contribution in [2.24, 2.45) is 5.92 Å². The monoisotopic (exact) mass is 515 g/mol. The van der Waals surface area contributed by atoms with Crippen LogP contribution in [0.2, 0.25) is 0 Å². The molecule has 1 aliphatic carbocycles. The zero-order chi connectivity index (χ0) is 23.4. The third-order valence-corrected chi connectivity index (χ3v) is 5.35. The number of carbonyl (C=O) groups excluding carboxylic acids is 1. The predicted molar refractivity (Wildman–Crippen MR) is 129 cm³/mol. The Morgan fingerprint density at radius 2 is 2.00 bits per heavy atom. The minimum Gasteiger partial charge on any atom is -0.341 e. The Balaban J connectivity index is 0.00000324. The molecule has 4 rings (SSSR count). The van der Waals surface area contributed by atoms with Gasteiger partial charge in [-0.3, -0.25) is 14.3 Å². The van der Waals surface area contributed by atoms with Gasteiger partial charge in [0.25, 0.3) is 0 Å². The maximum Gasteiger partial charge on any atom is 0.389 e. The molecule has 1 aliphatic rings. The van der Waals surface area contributed by atoms with Crippen molar-refractivity contribution in [3.05, 3.63) is 30.6 Å². The zero-order valence-electron chi connectivity index (χ0n) is 18.1. The first kappa shape index (κ1) is 26.1. The molecule has 9 nitrogen and oxygen atoms in total. The van der Waals surface area contributed by atoms with Crippen molar-refractivity contribution in [1.29, 1.82) is 0 Å². The second kappa shape index (κ2) is 11.3. The summed E-state index contributed by atoms with van der Waals surface area (Å²) in [5.41, 5.74) is 6.29. The van der Waals surface area contributed by atoms with Gasteiger partial charge in [-0.05, 0) is 31.4 Å². The molecule has 1 saturated carbocycles. The molecule has 184 valence electrons. The summed E-state index contributed by atoms with van der Waals surface area (Å²) >= 11 is 0.921. The highest BCUT2D eigenvalue weighted by Gasteiger charge is 2.30. The molecule has 0 spiro atoms. The third-order valence-electron chi connectivity index (χ3n) is 4.77. The number of fused-ring (bicyclic) bond motifs is 1. The number of halogens is 3. The van der Waals surface area contributed by atoms with Gasteiger partial charge in [-0.1, -0.05) is 12.1 Å². The minimum atomic E-state index is -4.17. The van der Waals surface area contributed by atoms with E-state index in [2.05, 4.69) is 30.7 Å². The van der Waals surface area contributed by atoms with Gasteiger partial charge in [0, 0.05) is 30.6 Å². The summed E-state index contributed by atoms with van der Waals surface area (Å²) in [6, 6.07) is 7.34. The SMILES string of the molecule is CN(Nc1ccc(-c2nc(NC(=O)C3CC3)nc3nc[nH]c23)cc1)SOCCCC(F)(F)F.S. The normalized spacial score (nSPS) is 13.7. The average molecular weight is 516 g/mol. The van der Waals surface area contributed by atoms with Gasteiger partial charge in [0.15, 0.2) is 5.65 Å². The number of rotatable bonds is 10. The molecule has 0 unspecified atom stereocenters. The Hall–Kier alpha value is -2.55. The highest BCUT2D eigenvalue weighted by molar-refractivity contribution is 7.92. The summed E-state index contributed by atoms with van der Waals surface area (Å²) in [5, 5.41) is 2.76. The van der Waals surface area contributed by atoms with E-state index < -0.39 is 12.6 Å². The molecule has 3 aromatic rings. The first-order valence-corrected chi connectivity index (χ1v) is 11.0. The van der Waals surface area contributed by atoms with E-state index >= 15 is 0 Å². The van der Waals surface area contributed by atoms with Crippen LogP contribution in [0.15, 0.2) is 30.6 Å². The molecule has 14 heteroatoms. The van der Waals surface area contributed by atoms with Gasteiger partial charge >= 0.3 is 6.18 Å². The number of alkyl halides is 3. The van der Waals surface area contributed by atoms with Gasteiger partial charge in [-0.2, -0.15) is 31.7 Å². The molecule has 1 aromatic carbocycles. The number of anilines is 2. The van der Waals surface area contributed by atoms with E-state index in [0.29, 0.717) is 16.9 Å². The van der Waals surface area contributed by atoms with Gasteiger partial charge < -0.3 is 10.4 Å². The number of amides is 1. The van der Waals surface area contributed by atoms with Crippen molar-refractivity contribution >= 4 is 54.4 Å². The van der Waals surface area contributed by atoms with Crippen LogP contribution in [-0.2, 0) is 8.98 Å². The van der Waals surface area contributed by atoms with Crippen LogP contribution in [0.1, 0.15) is 25.7 Å². The molecule has 2 aromatic heterocycles. The number of aromatic amines is 1. The number of imidazole rings is 1. The van der Waals surface area contributed by atoms with E-state index in [1.54, 1.807) is 11.5 Å². The largest absolute Gasteiger partial charge is 0.389 e. The maximum atomic E-state index is 12.1. The number of nitrogens with zero attached hydrogens (tertiary/aromatic N) is 4. The summed E-state index contributed by atoms with van der Waals surface area (Å²) in [6.45, 7) is -0.0113. The molecular formula is C20H24F3N7O2S2. The highest BCUT2D eigenvalue weighted by atomic mass is 32.2. The van der Waals surface area contributed by atoms with E-state index in [4.69, 9.17) is 4.18 Å². The molecule has 1 amide bonds. The number of hydrogen-bond donors (Lipinski definition) is 3. The number of nitrogens with one attached hydrogen (secondary N) is 3. The van der Waals surface area contributed by atoms with Crippen molar-refractivity contribution < 1.29 is 22.1 Å². The molecule has 2 heterocycles. The van der Waals surface area contributed by atoms with Gasteiger partial charge in [0.1, 0.15) is 23.4 Å². The first-order chi connectivity index (χ1) is 15.8. The smallest absolute Gasteiger partial charge is 0.341 e. The summed E-state index contributed by atoms with van der Waals surface area (Å²) in [5.74, 6) is 0.153. The number of H-pyrrole nitrogens is 1. The standard InChI is InChI=1S/C20H22F3N7O2S.H2S/c1-30(33-32-10-2-9-20(21,22)23)29-14-7-5-12(6-8-14)15-16-17(25-11-24-16)27-19(26-15)28-18(31)13-3-4-13;/h5-8,11,13,29H,2-4,9-10H2,1H3,(H2,24,25,26,27,28,31);1H2. The van der Waals surface area contributed by atoms with E-state index in [1.165, 1.54) is 6.33 Å². The molecule has 0 radical (unpaired) electrons. The van der Waals surface area contributed by atoms with Crippen LogP contribution in [0.3, 0.4) is 0 Å². The van der Waals surface area contributed by atoms with Crippen LogP contribution in [0.25, 0.3) is 22.4 Å². The van der Waals surface area contributed by atoms with Gasteiger partial charge in [0.05, 0.1) is 12.9 Å². The van der Waals surface area contributed by atoms with Crippen molar-refractivity contribution in [3.8, 4) is 11.3 Å². The predicted octanol–water partition coefficient (Wildman–Crippen LogP) is 4.66. The number of hydrazine groups is 1. The van der Waals surface area contributed by atoms with E-state index in [-0.39, 0.29) is 44.3 Å². The van der Waals surface area contributed by atoms with E-state index in [9.17, 15) is 18.0 Å². The highest BCUT2D eigenvalue weighted by Crippen LogP contribution is 2.31. The number of benzene rings is 1. The number of aromatic nitrogens is 4. The summed E-state index contributed by atoms with van der Waals surface area (Å²) in [6.07, 6.45) is -1.86. The number of hydrogen-bond acceptors (Lipinski definition) is 8. The molecule has 1 fully saturated rings. The van der Waals surface area contributed by atoms with Crippen LogP contribution in [-0.4, -0.2) is 50.1 Å². The second-order valence-corrected chi connectivity index (χ2v) is 8.49. The van der Waals surface area contributed by atoms with E-state index in [0.717, 1.165) is 36.3 Å². The fraction of sp³-hybridized carbons (Fsp3) is 0.400. The Labute approximate surface area is 205 Å². The minimum absolute atomic E-state index is 0. The topological polar surface area (TPSA) is 108 Å². The average Bonchev–Trinajstić information content (AvgIpc) is 3.51. The van der Waals surface area contributed by atoms with Gasteiger partial charge in [0.2, 0.25) is 11.9 Å². The maximum absolute atomic E-state index is 12.1. The Bertz CT molecular complexity index is 1110. The molecule has 34 heavy (non-hydrogen) atoms. The summed E-state index contributed by atoms with van der Waals surface area (Å²) in [7, 11) is 1.69. The molecule has 0 aliphatic heterocycles. The number of carbonyl (C=O) groups is 1. The van der Waals surface area contributed by atoms with Crippen molar-refractivity contribution in [2.75, 3.05) is 24.4 Å². The lowest BCUT2D eigenvalue weighted by Gasteiger charge is -2.17. The molecule has 0 saturated heterocycles. The third kappa shape index (κ3) is 7.22. The lowest BCUT2D eigenvalue weighted by molar-refractivity contribution is -0.136. The first-order valence-electron chi connectivity index (χ1n) is 10.3. The van der Waals surface area contributed by atoms with Crippen molar-refractivity contribution in [2.45, 2.75) is 31.9 Å². The van der Waals surface area contributed by atoms with Crippen LogP contribution in [0.5, 0.6) is 0 Å². The molecular weight excluding hydrogens is 491 g/mol. The summed E-state index contributed by atoms with van der Waals surface area (Å²) < 4.78 is 43.2. The Morgan fingerprint density at radius 3 is 2.68 bits per heavy atom. The van der Waals surface area contributed by atoms with Gasteiger partial charge in [-0.25, -0.2) is 9.97 Å². The van der Waals surface area contributed by atoms with Crippen LogP contribution < -0.4 is 10.7 Å². The lowest BCUT2D eigenvalue weighted by atomic mass is 10.1. The lowest BCUT2D eigenvalue weighted by Crippen LogP contribution is -2.18. The van der Waals surface area contributed by atoms with Crippen LogP contribution in [0.4, 0.5) is 24.8 Å². The second-order valence-electron chi connectivity index (χ2n) is 7.56. The Kier molecular flexibility index (Phi) is 8.62. The van der Waals surface area contributed by atoms with Crippen molar-refractivity contribution in [3.63, 3.8) is 0 Å². The fourth-order valence-corrected chi connectivity index (χ4v) is 3.50. The fourth-order valence-electron chi connectivity index (χ4n) is 3.01. The van der Waals surface area contributed by atoms with Crippen molar-refractivity contribution in [1.82, 2.24) is 24.4 Å². The summed E-state index contributed by atoms with van der Waals surface area (Å²) in [4.78, 5) is 28.1. The zero-order valence-corrected chi connectivity index (χ0v) is 20.0. The quantitative estimate of drug-likeness (QED) is 0.155. The molecule has 0 atom stereocenters. The van der Waals surface area contributed by atoms with Gasteiger partial charge in [-0.15, -0.1) is 4.41 Å². The molecule has 0 bridgehead atoms. The van der Waals surface area contributed by atoms with Crippen LogP contribution in [0, 0.1) is 5.92 Å².